The molecule has 370 valence electrons. The molecule has 3 nitrogen and oxygen atoms in total. The minimum atomic E-state index is -5.19. The highest BCUT2D eigenvalue weighted by atomic mass is 19.4. The standard InChI is InChI=1S/C67H45F6N3/c1-39-9-5-13-43(27-39)47-17-23-60-54(31-47)55-32-48(44-14-6-10-40(2)28-44)18-24-61(55)75(60)64-35-51(53-22-21-52(66(68,69)70)37-59(53)67(71,72)73)36-65(58(64)38-74)76-62-25-19-49(45-15-7-11-41(3)29-45)33-56(62)57-34-50(20-26-63(57)76)46-16-8-12-42(4)30-46/h5-37H,1-4H3. The van der Waals surface area contributed by atoms with Crippen molar-refractivity contribution in [1.82, 2.24) is 9.13 Å². The summed E-state index contributed by atoms with van der Waals surface area (Å²) >= 11 is 0. The number of halogens is 6. The van der Waals surface area contributed by atoms with E-state index in [1.54, 1.807) is 0 Å². The molecule has 12 aromatic rings. The van der Waals surface area contributed by atoms with Gasteiger partial charge in [0.05, 0.1) is 44.6 Å². The van der Waals surface area contributed by atoms with Gasteiger partial charge in [0.2, 0.25) is 0 Å². The monoisotopic (exact) mass is 1010 g/mol. The van der Waals surface area contributed by atoms with E-state index in [1.165, 1.54) is 12.1 Å². The van der Waals surface area contributed by atoms with Gasteiger partial charge in [-0.05, 0) is 156 Å². The number of aryl methyl sites for hydroxylation is 4. The first-order valence-corrected chi connectivity index (χ1v) is 24.8. The molecule has 0 amide bonds. The molecule has 0 unspecified atom stereocenters. The maximum Gasteiger partial charge on any atom is 0.417 e. The van der Waals surface area contributed by atoms with Gasteiger partial charge in [0.15, 0.2) is 0 Å². The molecule has 0 aliphatic rings. The van der Waals surface area contributed by atoms with Crippen LogP contribution in [0.15, 0.2) is 200 Å². The van der Waals surface area contributed by atoms with Crippen molar-refractivity contribution in [2.75, 3.05) is 0 Å². The SMILES string of the molecule is Cc1cccc(-c2ccc3c(c2)c2cc(-c4cccc(C)c4)ccc2n3-c2cc(-c3ccc(C(F)(F)F)cc3C(F)(F)F)cc(-n3c4ccc(-c5cccc(C)c5)cc4c4cc(-c5cccc(C)c5)ccc43)c2C#N)c1. The second kappa shape index (κ2) is 18.1. The summed E-state index contributed by atoms with van der Waals surface area (Å²) in [6.45, 7) is 8.11. The molecule has 0 saturated heterocycles. The van der Waals surface area contributed by atoms with Gasteiger partial charge >= 0.3 is 12.4 Å². The Morgan fingerprint density at radius 2 is 0.671 bits per heavy atom. The molecule has 0 spiro atoms. The second-order valence-electron chi connectivity index (χ2n) is 19.8. The summed E-state index contributed by atoms with van der Waals surface area (Å²) in [6.07, 6.45) is -10.2. The molecule has 2 aromatic heterocycles. The molecular formula is C67H45F6N3. The number of hydrogen-bond donors (Lipinski definition) is 0. The van der Waals surface area contributed by atoms with Gasteiger partial charge in [-0.1, -0.05) is 150 Å². The van der Waals surface area contributed by atoms with E-state index in [0.29, 0.717) is 28.1 Å². The topological polar surface area (TPSA) is 33.6 Å². The second-order valence-corrected chi connectivity index (χ2v) is 19.8. The zero-order chi connectivity index (χ0) is 52.8. The van der Waals surface area contributed by atoms with Crippen molar-refractivity contribution in [1.29, 1.82) is 5.26 Å². The lowest BCUT2D eigenvalue weighted by atomic mass is 9.94. The number of alkyl halides is 6. The van der Waals surface area contributed by atoms with Crippen molar-refractivity contribution < 1.29 is 26.3 Å². The first-order valence-electron chi connectivity index (χ1n) is 24.8. The van der Waals surface area contributed by atoms with Crippen molar-refractivity contribution in [3.63, 3.8) is 0 Å². The maximum absolute atomic E-state index is 15.4. The molecule has 0 atom stereocenters. The highest BCUT2D eigenvalue weighted by Gasteiger charge is 2.39. The van der Waals surface area contributed by atoms with Crippen LogP contribution in [-0.4, -0.2) is 9.13 Å². The summed E-state index contributed by atoms with van der Waals surface area (Å²) < 4.78 is 92.9. The Hall–Kier alpha value is -9.13. The van der Waals surface area contributed by atoms with Gasteiger partial charge in [0.25, 0.3) is 0 Å². The van der Waals surface area contributed by atoms with Crippen LogP contribution in [0.25, 0.3) is 111 Å². The number of fused-ring (bicyclic) bond motifs is 6. The van der Waals surface area contributed by atoms with Crippen LogP contribution < -0.4 is 0 Å². The molecule has 0 fully saturated rings. The van der Waals surface area contributed by atoms with Crippen LogP contribution in [0.2, 0.25) is 0 Å². The average molecular weight is 1010 g/mol. The van der Waals surface area contributed by atoms with Gasteiger partial charge in [0.1, 0.15) is 11.6 Å². The fraction of sp³-hybridized carbons (Fsp3) is 0.0896. The summed E-state index contributed by atoms with van der Waals surface area (Å²) in [4.78, 5) is 0. The van der Waals surface area contributed by atoms with Gasteiger partial charge in [-0.25, -0.2) is 0 Å². The summed E-state index contributed by atoms with van der Waals surface area (Å²) in [5.41, 5.74) is 11.9. The van der Waals surface area contributed by atoms with Crippen LogP contribution in [0.4, 0.5) is 26.3 Å². The summed E-state index contributed by atoms with van der Waals surface area (Å²) in [5.74, 6) is 0. The maximum atomic E-state index is 15.4. The van der Waals surface area contributed by atoms with E-state index in [2.05, 4.69) is 54.6 Å². The van der Waals surface area contributed by atoms with Crippen LogP contribution in [0.5, 0.6) is 0 Å². The Morgan fingerprint density at radius 3 is 0.961 bits per heavy atom. The molecule has 0 radical (unpaired) electrons. The zero-order valence-electron chi connectivity index (χ0n) is 41.7. The lowest BCUT2D eigenvalue weighted by molar-refractivity contribution is -0.142. The molecule has 0 bridgehead atoms. The van der Waals surface area contributed by atoms with Gasteiger partial charge in [-0.3, -0.25) is 0 Å². The normalized spacial score (nSPS) is 12.1. The third-order valence-corrected chi connectivity index (χ3v) is 14.6. The summed E-state index contributed by atoms with van der Waals surface area (Å²) in [5, 5.41) is 15.1. The van der Waals surface area contributed by atoms with Crippen LogP contribution in [0.1, 0.15) is 38.9 Å². The van der Waals surface area contributed by atoms with Crippen molar-refractivity contribution in [2.45, 2.75) is 40.0 Å². The number of nitrogens with zero attached hydrogens (tertiary/aromatic N) is 3. The summed E-state index contributed by atoms with van der Waals surface area (Å²) in [6, 6.07) is 64.2. The third-order valence-electron chi connectivity index (χ3n) is 14.6. The third kappa shape index (κ3) is 8.36. The van der Waals surface area contributed by atoms with Gasteiger partial charge in [-0.15, -0.1) is 0 Å². The van der Waals surface area contributed by atoms with E-state index in [0.717, 1.165) is 94.4 Å². The lowest BCUT2D eigenvalue weighted by Gasteiger charge is -2.21. The summed E-state index contributed by atoms with van der Waals surface area (Å²) in [7, 11) is 0. The van der Waals surface area contributed by atoms with Crippen LogP contribution in [0.3, 0.4) is 0 Å². The predicted molar refractivity (Wildman–Crippen MR) is 296 cm³/mol. The Morgan fingerprint density at radius 1 is 0.342 bits per heavy atom. The fourth-order valence-corrected chi connectivity index (χ4v) is 11.0. The highest BCUT2D eigenvalue weighted by molar-refractivity contribution is 6.14. The molecule has 0 saturated carbocycles. The number of hydrogen-bond acceptors (Lipinski definition) is 1. The molecule has 9 heteroatoms. The van der Waals surface area contributed by atoms with E-state index < -0.39 is 29.0 Å². The fourth-order valence-electron chi connectivity index (χ4n) is 11.0. The van der Waals surface area contributed by atoms with E-state index in [4.69, 9.17) is 0 Å². The molecule has 2 heterocycles. The Balaban J connectivity index is 1.21. The minimum Gasteiger partial charge on any atom is -0.308 e. The quantitative estimate of drug-likeness (QED) is 0.147. The van der Waals surface area contributed by atoms with Crippen LogP contribution >= 0.6 is 0 Å². The smallest absolute Gasteiger partial charge is 0.308 e. The van der Waals surface area contributed by atoms with E-state index >= 15 is 13.2 Å². The van der Waals surface area contributed by atoms with Crippen molar-refractivity contribution in [2.24, 2.45) is 0 Å². The molecule has 0 N–H and O–H groups in total. The van der Waals surface area contributed by atoms with Crippen molar-refractivity contribution in [3.05, 3.63) is 239 Å². The number of benzene rings is 10. The Kier molecular flexibility index (Phi) is 11.4. The van der Waals surface area contributed by atoms with Crippen molar-refractivity contribution in [3.8, 4) is 73.1 Å². The van der Waals surface area contributed by atoms with Crippen LogP contribution in [0, 0.1) is 39.0 Å². The molecule has 12 rings (SSSR count). The lowest BCUT2D eigenvalue weighted by Crippen LogP contribution is -2.12. The van der Waals surface area contributed by atoms with E-state index in [9.17, 15) is 18.4 Å². The number of nitriles is 1. The minimum absolute atomic E-state index is 0.0319. The number of rotatable bonds is 7. The van der Waals surface area contributed by atoms with Crippen molar-refractivity contribution >= 4 is 43.6 Å². The Labute approximate surface area is 434 Å². The molecule has 0 aliphatic heterocycles. The highest BCUT2D eigenvalue weighted by Crippen LogP contribution is 2.46. The van der Waals surface area contributed by atoms with Gasteiger partial charge in [-0.2, -0.15) is 31.6 Å². The average Bonchev–Trinajstić information content (AvgIpc) is 3.95. The van der Waals surface area contributed by atoms with Crippen LogP contribution in [-0.2, 0) is 12.4 Å². The molecular weight excluding hydrogens is 961 g/mol. The van der Waals surface area contributed by atoms with Gasteiger partial charge < -0.3 is 9.13 Å². The molecule has 0 aliphatic carbocycles. The first kappa shape index (κ1) is 47.8. The zero-order valence-corrected chi connectivity index (χ0v) is 41.7. The Bertz CT molecular complexity index is 3950. The van der Waals surface area contributed by atoms with Gasteiger partial charge in [0, 0.05) is 21.5 Å². The molecule has 10 aromatic carbocycles. The van der Waals surface area contributed by atoms with E-state index in [-0.39, 0.29) is 28.6 Å². The van der Waals surface area contributed by atoms with E-state index in [1.807, 2.05) is 158 Å². The predicted octanol–water partition coefficient (Wildman–Crippen LogP) is 19.4. The number of aromatic nitrogens is 2. The first-order chi connectivity index (χ1) is 36.5. The molecule has 76 heavy (non-hydrogen) atoms. The largest absolute Gasteiger partial charge is 0.417 e.